The van der Waals surface area contributed by atoms with Gasteiger partial charge < -0.3 is 20.9 Å². The molecular weight excluding hydrogens is 220 g/mol. The second-order valence-corrected chi connectivity index (χ2v) is 3.60. The lowest BCUT2D eigenvalue weighted by atomic mass is 10.3. The highest BCUT2D eigenvalue weighted by molar-refractivity contribution is 5.95. The summed E-state index contributed by atoms with van der Waals surface area (Å²) in [6, 6.07) is 3.52. The molecule has 6 heteroatoms. The normalized spacial score (nSPS) is 11.5. The van der Waals surface area contributed by atoms with E-state index in [0.29, 0.717) is 12.2 Å². The molecule has 1 aromatic rings. The molecule has 0 bridgehead atoms. The molecule has 1 aromatic heterocycles. The number of rotatable bonds is 6. The van der Waals surface area contributed by atoms with Gasteiger partial charge in [0, 0.05) is 13.1 Å². The van der Waals surface area contributed by atoms with Gasteiger partial charge in [0.1, 0.15) is 5.69 Å². The Hall–Kier alpha value is -1.82. The van der Waals surface area contributed by atoms with Gasteiger partial charge in [0.2, 0.25) is 0 Å². The average Bonchev–Trinajstić information content (AvgIpc) is 2.38. The minimum Gasteiger partial charge on any atom is -0.409 e. The fourth-order valence-corrected chi connectivity index (χ4v) is 1.54. The highest BCUT2D eigenvalue weighted by Gasteiger charge is 2.06. The second-order valence-electron chi connectivity index (χ2n) is 3.60. The maximum Gasteiger partial charge on any atom is 0.188 e. The molecule has 4 N–H and O–H groups in total. The standard InChI is InChI=1S/C11H18N4O2/c1-2-5-15(6-7-16)9-3-4-10(13-8-9)11(12)14-17/h3-4,8,16-17H,2,5-7H2,1H3,(H2,12,14). The predicted octanol–water partition coefficient (Wildman–Crippen LogP) is 0.385. The number of aliphatic hydroxyl groups excluding tert-OH is 1. The van der Waals surface area contributed by atoms with E-state index in [-0.39, 0.29) is 12.4 Å². The summed E-state index contributed by atoms with van der Waals surface area (Å²) in [5, 5.41) is 20.4. The topological polar surface area (TPSA) is 95.0 Å². The Bertz CT molecular complexity index is 358. The van der Waals surface area contributed by atoms with Crippen molar-refractivity contribution in [1.29, 1.82) is 0 Å². The lowest BCUT2D eigenvalue weighted by molar-refractivity contribution is 0.302. The zero-order chi connectivity index (χ0) is 12.7. The van der Waals surface area contributed by atoms with Crippen molar-refractivity contribution in [3.05, 3.63) is 24.0 Å². The van der Waals surface area contributed by atoms with Crippen molar-refractivity contribution in [3.8, 4) is 0 Å². The van der Waals surface area contributed by atoms with E-state index in [2.05, 4.69) is 17.1 Å². The van der Waals surface area contributed by atoms with Gasteiger partial charge in [-0.05, 0) is 18.6 Å². The second kappa shape index (κ2) is 6.70. The molecule has 0 radical (unpaired) electrons. The molecule has 0 spiro atoms. The molecule has 17 heavy (non-hydrogen) atoms. The number of pyridine rings is 1. The van der Waals surface area contributed by atoms with Crippen LogP contribution in [0.2, 0.25) is 0 Å². The SMILES string of the molecule is CCCN(CCO)c1ccc(/C(N)=N/O)nc1. The lowest BCUT2D eigenvalue weighted by Crippen LogP contribution is -2.27. The van der Waals surface area contributed by atoms with Gasteiger partial charge in [-0.2, -0.15) is 0 Å². The molecule has 0 unspecified atom stereocenters. The average molecular weight is 238 g/mol. The van der Waals surface area contributed by atoms with E-state index < -0.39 is 0 Å². The Morgan fingerprint density at radius 3 is 2.71 bits per heavy atom. The van der Waals surface area contributed by atoms with Crippen LogP contribution >= 0.6 is 0 Å². The summed E-state index contributed by atoms with van der Waals surface area (Å²) >= 11 is 0. The minimum absolute atomic E-state index is 0.0132. The van der Waals surface area contributed by atoms with Gasteiger partial charge in [-0.3, -0.25) is 4.98 Å². The third kappa shape index (κ3) is 3.60. The predicted molar refractivity (Wildman–Crippen MR) is 66.3 cm³/mol. The van der Waals surface area contributed by atoms with Crippen molar-refractivity contribution in [2.24, 2.45) is 10.9 Å². The number of nitrogens with zero attached hydrogens (tertiary/aromatic N) is 3. The fraction of sp³-hybridized carbons (Fsp3) is 0.455. The number of aliphatic hydroxyl groups is 1. The Labute approximate surface area is 100 Å². The molecule has 6 nitrogen and oxygen atoms in total. The van der Waals surface area contributed by atoms with E-state index in [1.54, 1.807) is 12.3 Å². The minimum atomic E-state index is -0.0132. The number of hydrogen-bond acceptors (Lipinski definition) is 5. The largest absolute Gasteiger partial charge is 0.409 e. The van der Waals surface area contributed by atoms with Crippen LogP contribution in [0.1, 0.15) is 19.0 Å². The fourth-order valence-electron chi connectivity index (χ4n) is 1.54. The monoisotopic (exact) mass is 238 g/mol. The first-order chi connectivity index (χ1) is 8.22. The molecule has 0 atom stereocenters. The Balaban J connectivity index is 2.83. The molecule has 0 aliphatic rings. The summed E-state index contributed by atoms with van der Waals surface area (Å²) in [5.41, 5.74) is 6.76. The van der Waals surface area contributed by atoms with E-state index in [1.807, 2.05) is 11.0 Å². The van der Waals surface area contributed by atoms with Gasteiger partial charge in [-0.15, -0.1) is 0 Å². The molecule has 1 heterocycles. The molecule has 0 saturated carbocycles. The van der Waals surface area contributed by atoms with E-state index in [9.17, 15) is 0 Å². The number of anilines is 1. The van der Waals surface area contributed by atoms with Crippen molar-refractivity contribution >= 4 is 11.5 Å². The number of nitrogens with two attached hydrogens (primary N) is 1. The van der Waals surface area contributed by atoms with Crippen molar-refractivity contribution in [3.63, 3.8) is 0 Å². The van der Waals surface area contributed by atoms with E-state index in [1.165, 1.54) is 0 Å². The van der Waals surface area contributed by atoms with Gasteiger partial charge in [0.05, 0.1) is 18.5 Å². The van der Waals surface area contributed by atoms with Crippen LogP contribution in [0.15, 0.2) is 23.5 Å². The van der Waals surface area contributed by atoms with Crippen LogP contribution in [-0.2, 0) is 0 Å². The third-order valence-electron chi connectivity index (χ3n) is 2.35. The zero-order valence-electron chi connectivity index (χ0n) is 9.87. The van der Waals surface area contributed by atoms with Crippen LogP contribution in [-0.4, -0.2) is 40.8 Å². The number of amidine groups is 1. The summed E-state index contributed by atoms with van der Waals surface area (Å²) in [4.78, 5) is 6.13. The van der Waals surface area contributed by atoms with E-state index in [4.69, 9.17) is 16.0 Å². The summed E-state index contributed by atoms with van der Waals surface area (Å²) in [6.07, 6.45) is 2.64. The van der Waals surface area contributed by atoms with Gasteiger partial charge >= 0.3 is 0 Å². The number of oxime groups is 1. The lowest BCUT2D eigenvalue weighted by Gasteiger charge is -2.22. The van der Waals surface area contributed by atoms with Crippen LogP contribution < -0.4 is 10.6 Å². The van der Waals surface area contributed by atoms with Crippen molar-refractivity contribution in [2.75, 3.05) is 24.6 Å². The molecule has 0 fully saturated rings. The highest BCUT2D eigenvalue weighted by Crippen LogP contribution is 2.13. The van der Waals surface area contributed by atoms with Crippen molar-refractivity contribution < 1.29 is 10.3 Å². The summed E-state index contributed by atoms with van der Waals surface area (Å²) in [7, 11) is 0. The number of hydrogen-bond donors (Lipinski definition) is 3. The maximum absolute atomic E-state index is 8.97. The van der Waals surface area contributed by atoms with Crippen LogP contribution in [0.25, 0.3) is 0 Å². The van der Waals surface area contributed by atoms with Crippen LogP contribution in [0.3, 0.4) is 0 Å². The summed E-state index contributed by atoms with van der Waals surface area (Å²) < 4.78 is 0. The van der Waals surface area contributed by atoms with Crippen LogP contribution in [0, 0.1) is 0 Å². The van der Waals surface area contributed by atoms with Gasteiger partial charge in [-0.1, -0.05) is 12.1 Å². The molecule has 0 saturated heterocycles. The van der Waals surface area contributed by atoms with Gasteiger partial charge in [0.15, 0.2) is 5.84 Å². The molecule has 1 rings (SSSR count). The Kier molecular flexibility index (Phi) is 5.22. The molecule has 0 amide bonds. The molecule has 94 valence electrons. The van der Waals surface area contributed by atoms with Gasteiger partial charge in [-0.25, -0.2) is 0 Å². The van der Waals surface area contributed by atoms with E-state index >= 15 is 0 Å². The summed E-state index contributed by atoms with van der Waals surface area (Å²) in [6.45, 7) is 3.59. The zero-order valence-corrected chi connectivity index (χ0v) is 9.87. The quantitative estimate of drug-likeness (QED) is 0.288. The maximum atomic E-state index is 8.97. The van der Waals surface area contributed by atoms with Crippen LogP contribution in [0.4, 0.5) is 5.69 Å². The Morgan fingerprint density at radius 2 is 2.24 bits per heavy atom. The first-order valence-corrected chi connectivity index (χ1v) is 5.52. The van der Waals surface area contributed by atoms with Crippen molar-refractivity contribution in [2.45, 2.75) is 13.3 Å². The van der Waals surface area contributed by atoms with Crippen LogP contribution in [0.5, 0.6) is 0 Å². The summed E-state index contributed by atoms with van der Waals surface area (Å²) in [5.74, 6) is -0.0132. The molecule has 0 aliphatic carbocycles. The Morgan fingerprint density at radius 1 is 1.47 bits per heavy atom. The van der Waals surface area contributed by atoms with Gasteiger partial charge in [0.25, 0.3) is 0 Å². The first-order valence-electron chi connectivity index (χ1n) is 5.52. The molecule has 0 aliphatic heterocycles. The number of aromatic nitrogens is 1. The third-order valence-corrected chi connectivity index (χ3v) is 2.35. The van der Waals surface area contributed by atoms with Crippen molar-refractivity contribution in [1.82, 2.24) is 4.98 Å². The first kappa shape index (κ1) is 13.2. The van der Waals surface area contributed by atoms with E-state index in [0.717, 1.165) is 18.7 Å². The highest BCUT2D eigenvalue weighted by atomic mass is 16.4. The smallest absolute Gasteiger partial charge is 0.188 e. The molecular formula is C11H18N4O2. The molecule has 0 aromatic carbocycles.